The molecule has 0 saturated heterocycles. The first kappa shape index (κ1) is 95.4. The van der Waals surface area contributed by atoms with Crippen molar-refractivity contribution >= 4 is 35.6 Å². The summed E-state index contributed by atoms with van der Waals surface area (Å²) >= 11 is 0. The molecular weight excluding hydrogens is 1680 g/mol. The van der Waals surface area contributed by atoms with Crippen molar-refractivity contribution in [3.8, 4) is 104 Å². The molecule has 13 aromatic rings. The van der Waals surface area contributed by atoms with Gasteiger partial charge in [-0.2, -0.15) is 41.8 Å². The first-order valence-corrected chi connectivity index (χ1v) is 37.0. The highest BCUT2D eigenvalue weighted by Crippen LogP contribution is 2.38. The summed E-state index contributed by atoms with van der Waals surface area (Å²) in [7, 11) is 2.46. The molecule has 0 aliphatic carbocycles. The van der Waals surface area contributed by atoms with Crippen LogP contribution in [-0.4, -0.2) is 142 Å². The maximum absolute atomic E-state index is 12.6. The number of amides is 4. The first-order chi connectivity index (χ1) is 61.2. The van der Waals surface area contributed by atoms with Gasteiger partial charge in [-0.15, -0.1) is 0 Å². The van der Waals surface area contributed by atoms with Gasteiger partial charge in [0.15, 0.2) is 69.1 Å². The van der Waals surface area contributed by atoms with Gasteiger partial charge in [-0.3, -0.25) is 34.8 Å². The second-order valence-corrected chi connectivity index (χ2v) is 25.1. The number of aromatic amines is 2. The molecule has 0 aliphatic rings. The summed E-state index contributed by atoms with van der Waals surface area (Å²) in [5.74, 6) is 0.257. The predicted octanol–water partition coefficient (Wildman–Crippen LogP) is 13.5. The van der Waals surface area contributed by atoms with E-state index in [0.717, 1.165) is 16.7 Å². The number of alkyl halides is 6. The van der Waals surface area contributed by atoms with Crippen molar-refractivity contribution in [2.24, 2.45) is 5.84 Å². The van der Waals surface area contributed by atoms with Crippen LogP contribution >= 0.6 is 0 Å². The molecule has 33 nitrogen and oxygen atoms in total. The van der Waals surface area contributed by atoms with E-state index in [4.69, 9.17) is 35.5 Å². The number of benzene rings is 11. The second-order valence-electron chi connectivity index (χ2n) is 25.1. The Hall–Kier alpha value is -17.1. The van der Waals surface area contributed by atoms with Crippen LogP contribution in [0.4, 0.5) is 26.3 Å². The number of hydrogen-bond donors (Lipinski definition) is 14. The van der Waals surface area contributed by atoms with Crippen molar-refractivity contribution in [1.82, 2.24) is 51.7 Å². The van der Waals surface area contributed by atoms with E-state index < -0.39 is 61.2 Å². The Bertz CT molecular complexity index is 5740. The number of nitrogens with two attached hydrogens (primary N) is 1. The summed E-state index contributed by atoms with van der Waals surface area (Å²) in [6.45, 7) is -8.52. The Balaban J connectivity index is 0.000000195. The van der Waals surface area contributed by atoms with E-state index in [-0.39, 0.29) is 152 Å². The van der Waals surface area contributed by atoms with Crippen LogP contribution < -0.4 is 55.6 Å². The zero-order chi connectivity index (χ0) is 91.7. The molecule has 658 valence electrons. The average molecular weight is 1750 g/mol. The smallest absolute Gasteiger partial charge is 0.387 e. The number of nitrogens with zero attached hydrogens (tertiary/aromatic N) is 5. The van der Waals surface area contributed by atoms with E-state index in [1.807, 2.05) is 96.4 Å². The molecular formula is C88H78F6N12O21. The summed E-state index contributed by atoms with van der Waals surface area (Å²) in [6.07, 6.45) is 0. The molecule has 0 fully saturated rings. The number of para-hydroxylation sites is 8. The molecule has 0 unspecified atom stereocenters. The largest absolute Gasteiger partial charge is 0.504 e. The third kappa shape index (κ3) is 29.1. The maximum Gasteiger partial charge on any atom is 0.387 e. The van der Waals surface area contributed by atoms with E-state index in [2.05, 4.69) is 70.0 Å². The minimum absolute atomic E-state index is 0.0296. The Morgan fingerprint density at radius 3 is 1.06 bits per heavy atom. The second kappa shape index (κ2) is 49.0. The molecule has 0 spiro atoms. The summed E-state index contributed by atoms with van der Waals surface area (Å²) in [5, 5.41) is 96.9. The molecule has 0 radical (unpaired) electrons. The molecule has 11 aromatic carbocycles. The van der Waals surface area contributed by atoms with Crippen molar-refractivity contribution in [1.29, 1.82) is 5.26 Å². The topological polar surface area (TPSA) is 499 Å². The quantitative estimate of drug-likeness (QED) is 0.00412. The Labute approximate surface area is 717 Å². The van der Waals surface area contributed by atoms with Crippen LogP contribution in [0, 0.1) is 11.3 Å². The molecule has 2 aromatic heterocycles. The van der Waals surface area contributed by atoms with Crippen LogP contribution in [0.15, 0.2) is 255 Å². The summed E-state index contributed by atoms with van der Waals surface area (Å²) < 4.78 is 113. The molecule has 0 aliphatic heterocycles. The lowest BCUT2D eigenvalue weighted by molar-refractivity contribution is -0.0509. The van der Waals surface area contributed by atoms with Crippen molar-refractivity contribution in [3.05, 3.63) is 317 Å². The van der Waals surface area contributed by atoms with Gasteiger partial charge in [-0.25, -0.2) is 25.4 Å². The number of carbonyl (C=O) groups excluding carboxylic acids is 6. The number of esters is 2. The van der Waals surface area contributed by atoms with Gasteiger partial charge in [0.25, 0.3) is 23.6 Å². The van der Waals surface area contributed by atoms with Gasteiger partial charge in [0.1, 0.15) is 66.4 Å². The molecule has 15 N–H and O–H groups in total. The lowest BCUT2D eigenvalue weighted by atomic mass is 10.1. The van der Waals surface area contributed by atoms with Crippen molar-refractivity contribution in [2.45, 2.75) is 52.7 Å². The van der Waals surface area contributed by atoms with Gasteiger partial charge in [-0.05, 0) is 114 Å². The standard InChI is InChI=1S/C24H20F2N4O4.C17H14F2N4O4.C15H14O4.C14H14N2O3.C10H8F2N2O2.C8H8O4/c25-24(26)34-18-11-5-4-9-16(18)23(32)27-13-20-28-22(30-29-20)17-10-6-12-19(21(17)31)33-14-15-7-2-1-3-8-15;18-17(19)27-12-7-2-1-4-9(12)16(26)20-8-13-21-15(23-22-13)10-5-3-6-11(24)14(10)25;1-18-15(17)12-8-5-9-13(14(12)16)19-10-11-6-3-2-4-7-11;15-16-14(18)11-7-4-8-12(13(11)17)19-9-10-5-2-1-3-6-10;11-10(12)16-8-4-2-1-3-7(8)9(15)14-6-5-13;1-12-8(11)5-3-2-4-6(9)7(5)10/h1-12,24,31H,13-14H2,(H,27,32)(H,28,29,30);1-7,17,24-25H,8H2,(H,20,26)(H,21,22,23);2-9,16H,10H2,1H3;1-8,17H,9,15H2,(H,16,18);1-4,10H,6H2,(H,14,15);2-4,9-10H,1H3. The lowest BCUT2D eigenvalue weighted by Gasteiger charge is -2.10. The highest BCUT2D eigenvalue weighted by Gasteiger charge is 2.23. The van der Waals surface area contributed by atoms with Gasteiger partial charge in [0, 0.05) is 0 Å². The van der Waals surface area contributed by atoms with E-state index >= 15 is 0 Å². The highest BCUT2D eigenvalue weighted by molar-refractivity contribution is 5.99. The van der Waals surface area contributed by atoms with Crippen LogP contribution in [0.25, 0.3) is 22.8 Å². The average Bonchev–Trinajstić information content (AvgIpc) is 1.74. The predicted molar refractivity (Wildman–Crippen MR) is 441 cm³/mol. The Morgan fingerprint density at radius 2 is 0.677 bits per heavy atom. The number of hydrazine groups is 1. The monoisotopic (exact) mass is 1750 g/mol. The molecule has 13 rings (SSSR count). The van der Waals surface area contributed by atoms with Gasteiger partial charge < -0.3 is 89.6 Å². The fourth-order valence-corrected chi connectivity index (χ4v) is 10.6. The third-order valence-corrected chi connectivity index (χ3v) is 16.7. The van der Waals surface area contributed by atoms with Crippen molar-refractivity contribution < 1.29 is 129 Å². The van der Waals surface area contributed by atoms with Crippen molar-refractivity contribution in [3.63, 3.8) is 0 Å². The number of H-pyrrole nitrogens is 2. The Morgan fingerprint density at radius 1 is 0.370 bits per heavy atom. The fraction of sp³-hybridized carbons (Fsp3) is 0.125. The number of aromatic nitrogens is 6. The number of ether oxygens (including phenoxy) is 8. The minimum Gasteiger partial charge on any atom is -0.504 e. The molecule has 127 heavy (non-hydrogen) atoms. The number of carbonyl (C=O) groups is 6. The van der Waals surface area contributed by atoms with Gasteiger partial charge in [0.2, 0.25) is 0 Å². The number of nitrogen functional groups attached to an aromatic ring is 1. The van der Waals surface area contributed by atoms with Crippen LogP contribution in [0.1, 0.15) is 90.5 Å². The summed E-state index contributed by atoms with van der Waals surface area (Å²) in [4.78, 5) is 78.2. The molecule has 2 heterocycles. The van der Waals surface area contributed by atoms with Crippen molar-refractivity contribution in [2.75, 3.05) is 20.8 Å². The number of nitrogens with one attached hydrogen (secondary N) is 6. The Kier molecular flexibility index (Phi) is 36.8. The number of aromatic hydroxyl groups is 7. The number of halogens is 6. The highest BCUT2D eigenvalue weighted by atomic mass is 19.3. The summed E-state index contributed by atoms with van der Waals surface area (Å²) in [5.41, 5.74) is 5.42. The number of phenols is 7. The van der Waals surface area contributed by atoms with Gasteiger partial charge in [-0.1, -0.05) is 158 Å². The van der Waals surface area contributed by atoms with Gasteiger partial charge >= 0.3 is 31.8 Å². The normalized spacial score (nSPS) is 10.3. The zero-order valence-corrected chi connectivity index (χ0v) is 66.7. The molecule has 4 amide bonds. The number of hydrogen-bond acceptors (Lipinski definition) is 27. The van der Waals surface area contributed by atoms with E-state index in [0.29, 0.717) is 24.6 Å². The number of rotatable bonds is 28. The lowest BCUT2D eigenvalue weighted by Crippen LogP contribution is -2.30. The summed E-state index contributed by atoms with van der Waals surface area (Å²) in [6, 6.07) is 70.0. The minimum atomic E-state index is -3.05. The first-order valence-electron chi connectivity index (χ1n) is 37.0. The van der Waals surface area contributed by atoms with Crippen LogP contribution in [0.2, 0.25) is 0 Å². The number of nitriles is 1. The number of phenolic OH excluding ortho intramolecular Hbond substituents is 7. The van der Waals surface area contributed by atoms with Crippen LogP contribution in [0.3, 0.4) is 0 Å². The molecule has 0 saturated carbocycles. The van der Waals surface area contributed by atoms with E-state index in [1.54, 1.807) is 48.5 Å². The van der Waals surface area contributed by atoms with E-state index in [9.17, 15) is 80.6 Å². The maximum atomic E-state index is 12.6. The fourth-order valence-electron chi connectivity index (χ4n) is 10.6. The molecule has 0 atom stereocenters. The van der Waals surface area contributed by atoms with E-state index in [1.165, 1.54) is 136 Å². The third-order valence-electron chi connectivity index (χ3n) is 16.7. The molecule has 39 heteroatoms. The number of methoxy groups -OCH3 is 2. The zero-order valence-electron chi connectivity index (χ0n) is 66.7. The SMILES string of the molecule is COC(=O)c1cccc(O)c1O.COC(=O)c1cccc(OCc2ccccc2)c1O.N#CCNC(=O)c1ccccc1OC(F)F.NNC(=O)c1cccc(OCc2ccccc2)c1O.O=C(NCc1nc(-c2cccc(O)c2O)n[nH]1)c1ccccc1OC(F)F.O=C(NCc1nc(-c2cccc(OCc3ccccc3)c2O)n[nH]1)c1ccccc1OC(F)F. The van der Waals surface area contributed by atoms with Crippen LogP contribution in [0.5, 0.6) is 74.7 Å². The molecule has 0 bridgehead atoms. The van der Waals surface area contributed by atoms with Crippen LogP contribution in [-0.2, 0) is 42.4 Å². The van der Waals surface area contributed by atoms with Gasteiger partial charge in [0.05, 0.1) is 66.8 Å².